The van der Waals surface area contributed by atoms with Crippen LogP contribution in [-0.4, -0.2) is 37.0 Å². The topological polar surface area (TPSA) is 137 Å². The highest BCUT2D eigenvalue weighted by Gasteiger charge is 2.36. The van der Waals surface area contributed by atoms with Gasteiger partial charge in [0.25, 0.3) is 17.5 Å². The molecule has 0 radical (unpaired) electrons. The van der Waals surface area contributed by atoms with Crippen LogP contribution >= 0.6 is 0 Å². The lowest BCUT2D eigenvalue weighted by atomic mass is 10.1. The summed E-state index contributed by atoms with van der Waals surface area (Å²) in [5.41, 5.74) is 1.01. The number of nitro groups is 1. The summed E-state index contributed by atoms with van der Waals surface area (Å²) < 4.78 is 16.2. The first-order chi connectivity index (χ1) is 17.8. The van der Waals surface area contributed by atoms with Gasteiger partial charge in [0.1, 0.15) is 17.9 Å². The number of nitrogens with one attached hydrogen (secondary N) is 1. The molecule has 1 saturated heterocycles. The SMILES string of the molecule is COc1ccc(N2C(=O)NC(=O)/C(=C\c3ccc(OCc4cccc([N+](=O)[O-])c4)c(OC)c3)C2=O)cc1. The van der Waals surface area contributed by atoms with E-state index in [9.17, 15) is 24.5 Å². The van der Waals surface area contributed by atoms with Gasteiger partial charge < -0.3 is 14.2 Å². The summed E-state index contributed by atoms with van der Waals surface area (Å²) in [5.74, 6) is -0.411. The van der Waals surface area contributed by atoms with Gasteiger partial charge in [0.15, 0.2) is 11.5 Å². The zero-order chi connectivity index (χ0) is 26.5. The number of imide groups is 2. The quantitative estimate of drug-likeness (QED) is 0.212. The minimum absolute atomic E-state index is 0.0485. The van der Waals surface area contributed by atoms with Crippen molar-refractivity contribution in [1.82, 2.24) is 5.32 Å². The Morgan fingerprint density at radius 3 is 2.38 bits per heavy atom. The summed E-state index contributed by atoms with van der Waals surface area (Å²) in [7, 11) is 2.92. The molecular weight excluding hydrogens is 482 g/mol. The van der Waals surface area contributed by atoms with Gasteiger partial charge in [-0.1, -0.05) is 18.2 Å². The lowest BCUT2D eigenvalue weighted by Gasteiger charge is -2.26. The molecule has 4 rings (SSSR count). The van der Waals surface area contributed by atoms with Crippen molar-refractivity contribution in [3.8, 4) is 17.2 Å². The Labute approximate surface area is 211 Å². The van der Waals surface area contributed by atoms with Gasteiger partial charge in [0.05, 0.1) is 24.8 Å². The standard InChI is InChI=1S/C26H21N3O8/c1-35-20-9-7-18(8-10-20)28-25(31)21(24(30)27-26(28)32)13-16-6-11-22(23(14-16)36-2)37-15-17-4-3-5-19(12-17)29(33)34/h3-14H,15H2,1-2H3,(H,27,30,32)/b21-13+. The molecule has 1 aliphatic heterocycles. The van der Waals surface area contributed by atoms with Gasteiger partial charge in [-0.15, -0.1) is 0 Å². The summed E-state index contributed by atoms with van der Waals surface area (Å²) in [6.45, 7) is 0.0539. The third kappa shape index (κ3) is 5.40. The molecule has 11 heteroatoms. The number of anilines is 1. The number of methoxy groups -OCH3 is 2. The van der Waals surface area contributed by atoms with Gasteiger partial charge >= 0.3 is 6.03 Å². The fourth-order valence-corrected chi connectivity index (χ4v) is 3.60. The molecular formula is C26H21N3O8. The number of ether oxygens (including phenoxy) is 3. The van der Waals surface area contributed by atoms with Crippen molar-refractivity contribution < 1.29 is 33.5 Å². The molecule has 0 spiro atoms. The zero-order valence-electron chi connectivity index (χ0n) is 19.8. The maximum absolute atomic E-state index is 13.1. The number of barbiturate groups is 1. The van der Waals surface area contributed by atoms with Crippen LogP contribution in [-0.2, 0) is 16.2 Å². The average Bonchev–Trinajstić information content (AvgIpc) is 2.90. The van der Waals surface area contributed by atoms with Crippen molar-refractivity contribution in [3.05, 3.63) is 93.5 Å². The second-order valence-electron chi connectivity index (χ2n) is 7.78. The van der Waals surface area contributed by atoms with Crippen LogP contribution < -0.4 is 24.4 Å². The predicted octanol–water partition coefficient (Wildman–Crippen LogP) is 3.86. The molecule has 188 valence electrons. The number of carbonyl (C=O) groups is 3. The van der Waals surface area contributed by atoms with E-state index in [4.69, 9.17) is 14.2 Å². The number of carbonyl (C=O) groups excluding carboxylic acids is 3. The Kier molecular flexibility index (Phi) is 7.14. The minimum atomic E-state index is -0.861. The first-order valence-electron chi connectivity index (χ1n) is 10.9. The average molecular weight is 503 g/mol. The number of hydrogen-bond acceptors (Lipinski definition) is 8. The molecule has 3 aromatic rings. The number of urea groups is 1. The van der Waals surface area contributed by atoms with Gasteiger partial charge in [-0.2, -0.15) is 0 Å². The molecule has 0 unspecified atom stereocenters. The molecule has 0 atom stereocenters. The molecule has 0 aromatic heterocycles. The van der Waals surface area contributed by atoms with E-state index in [2.05, 4.69) is 5.32 Å². The Balaban J connectivity index is 1.57. The highest BCUT2D eigenvalue weighted by atomic mass is 16.6. The Morgan fingerprint density at radius 2 is 1.70 bits per heavy atom. The van der Waals surface area contributed by atoms with Crippen molar-refractivity contribution in [3.63, 3.8) is 0 Å². The third-order valence-electron chi connectivity index (χ3n) is 5.45. The maximum Gasteiger partial charge on any atom is 0.335 e. The van der Waals surface area contributed by atoms with E-state index in [1.807, 2.05) is 0 Å². The number of non-ortho nitro benzene ring substituents is 1. The fraction of sp³-hybridized carbons (Fsp3) is 0.115. The van der Waals surface area contributed by atoms with E-state index >= 15 is 0 Å². The summed E-state index contributed by atoms with van der Waals surface area (Å²) in [6.07, 6.45) is 1.34. The van der Waals surface area contributed by atoms with Crippen LogP contribution in [0.4, 0.5) is 16.2 Å². The predicted molar refractivity (Wildman–Crippen MR) is 132 cm³/mol. The first-order valence-corrected chi connectivity index (χ1v) is 10.9. The number of nitro benzene ring substituents is 1. The molecule has 11 nitrogen and oxygen atoms in total. The summed E-state index contributed by atoms with van der Waals surface area (Å²) >= 11 is 0. The number of amides is 4. The monoisotopic (exact) mass is 503 g/mol. The second kappa shape index (κ2) is 10.6. The number of benzene rings is 3. The van der Waals surface area contributed by atoms with Crippen LogP contribution in [0.15, 0.2) is 72.3 Å². The molecule has 0 aliphatic carbocycles. The Bertz CT molecular complexity index is 1420. The third-order valence-corrected chi connectivity index (χ3v) is 5.45. The molecule has 1 heterocycles. The van der Waals surface area contributed by atoms with Gasteiger partial charge in [-0.05, 0) is 53.6 Å². The molecule has 1 aliphatic rings. The zero-order valence-corrected chi connectivity index (χ0v) is 19.8. The first kappa shape index (κ1) is 24.9. The number of rotatable bonds is 8. The minimum Gasteiger partial charge on any atom is -0.497 e. The van der Waals surface area contributed by atoms with E-state index in [-0.39, 0.29) is 23.6 Å². The molecule has 3 aromatic carbocycles. The second-order valence-corrected chi connectivity index (χ2v) is 7.78. The van der Waals surface area contributed by atoms with E-state index in [0.717, 1.165) is 4.90 Å². The van der Waals surface area contributed by atoms with Crippen molar-refractivity contribution >= 4 is 35.3 Å². The van der Waals surface area contributed by atoms with E-state index < -0.39 is 22.8 Å². The molecule has 4 amide bonds. The highest BCUT2D eigenvalue weighted by molar-refractivity contribution is 6.39. The lowest BCUT2D eigenvalue weighted by molar-refractivity contribution is -0.384. The van der Waals surface area contributed by atoms with Crippen molar-refractivity contribution in [2.24, 2.45) is 0 Å². The van der Waals surface area contributed by atoms with Gasteiger partial charge in [0.2, 0.25) is 0 Å². The molecule has 1 fully saturated rings. The van der Waals surface area contributed by atoms with Crippen LogP contribution in [0.1, 0.15) is 11.1 Å². The van der Waals surface area contributed by atoms with Crippen LogP contribution in [0.2, 0.25) is 0 Å². The van der Waals surface area contributed by atoms with E-state index in [1.165, 1.54) is 44.6 Å². The number of nitrogens with zero attached hydrogens (tertiary/aromatic N) is 2. The van der Waals surface area contributed by atoms with Gasteiger partial charge in [-0.3, -0.25) is 25.0 Å². The maximum atomic E-state index is 13.1. The lowest BCUT2D eigenvalue weighted by Crippen LogP contribution is -2.54. The van der Waals surface area contributed by atoms with E-state index in [1.54, 1.807) is 42.5 Å². The molecule has 37 heavy (non-hydrogen) atoms. The normalized spacial score (nSPS) is 14.4. The van der Waals surface area contributed by atoms with Crippen molar-refractivity contribution in [2.75, 3.05) is 19.1 Å². The number of hydrogen-bond donors (Lipinski definition) is 1. The molecule has 1 N–H and O–H groups in total. The fourth-order valence-electron chi connectivity index (χ4n) is 3.60. The van der Waals surface area contributed by atoms with Crippen molar-refractivity contribution in [2.45, 2.75) is 6.61 Å². The van der Waals surface area contributed by atoms with Crippen LogP contribution in [0.5, 0.6) is 17.2 Å². The van der Waals surface area contributed by atoms with Gasteiger partial charge in [0, 0.05) is 12.1 Å². The van der Waals surface area contributed by atoms with Gasteiger partial charge in [-0.25, -0.2) is 9.69 Å². The summed E-state index contributed by atoms with van der Waals surface area (Å²) in [6, 6.07) is 16.2. The summed E-state index contributed by atoms with van der Waals surface area (Å²) in [5, 5.41) is 13.2. The summed E-state index contributed by atoms with van der Waals surface area (Å²) in [4.78, 5) is 49.3. The highest BCUT2D eigenvalue weighted by Crippen LogP contribution is 2.31. The van der Waals surface area contributed by atoms with E-state index in [0.29, 0.717) is 28.4 Å². The van der Waals surface area contributed by atoms with Crippen LogP contribution in [0.25, 0.3) is 6.08 Å². The Morgan fingerprint density at radius 1 is 0.946 bits per heavy atom. The molecule has 0 bridgehead atoms. The Hall–Kier alpha value is -5.19. The smallest absolute Gasteiger partial charge is 0.335 e. The molecule has 0 saturated carbocycles. The van der Waals surface area contributed by atoms with Crippen LogP contribution in [0, 0.1) is 10.1 Å². The van der Waals surface area contributed by atoms with Crippen molar-refractivity contribution in [1.29, 1.82) is 0 Å². The largest absolute Gasteiger partial charge is 0.497 e. The van der Waals surface area contributed by atoms with Crippen LogP contribution in [0.3, 0.4) is 0 Å².